The maximum absolute atomic E-state index is 14.0. The number of ether oxygens (including phenoxy) is 6. The van der Waals surface area contributed by atoms with Gasteiger partial charge in [0.2, 0.25) is 0 Å². The number of esters is 1. The molecule has 0 aromatic rings. The van der Waals surface area contributed by atoms with E-state index in [1.807, 2.05) is 60.4 Å². The molecule has 3 saturated heterocycles. The van der Waals surface area contributed by atoms with Crippen molar-refractivity contribution in [1.82, 2.24) is 4.90 Å². The van der Waals surface area contributed by atoms with Crippen LogP contribution in [0.3, 0.4) is 0 Å². The third-order valence-electron chi connectivity index (χ3n) is 11.9. The Kier molecular flexibility index (Phi) is 18.0. The zero-order chi connectivity index (χ0) is 39.9. The number of aliphatic hydroxyl groups is 4. The number of fused-ring (bicyclic) bond motifs is 1. The van der Waals surface area contributed by atoms with E-state index in [-0.39, 0.29) is 37.2 Å². The number of likely N-dealkylation sites (N-methyl/N-ethyl adjacent to an activating group) is 1. The first-order valence-corrected chi connectivity index (χ1v) is 20.1. The molecule has 12 nitrogen and oxygen atoms in total. The van der Waals surface area contributed by atoms with Crippen LogP contribution in [0.4, 0.5) is 0 Å². The fourth-order valence-corrected chi connectivity index (χ4v) is 8.31. The maximum Gasteiger partial charge on any atom is 0.311 e. The molecule has 3 heterocycles. The van der Waals surface area contributed by atoms with E-state index in [1.54, 1.807) is 34.6 Å². The van der Waals surface area contributed by atoms with Crippen LogP contribution < -0.4 is 0 Å². The maximum atomic E-state index is 14.0. The Hall–Kier alpha value is -0.930. The van der Waals surface area contributed by atoms with Crippen molar-refractivity contribution < 1.29 is 53.6 Å². The summed E-state index contributed by atoms with van der Waals surface area (Å²) in [6.07, 6.45) is -3.78. The summed E-state index contributed by atoms with van der Waals surface area (Å²) in [6, 6.07) is -0.481. The molecule has 0 radical (unpaired) electrons. The molecule has 1 aliphatic carbocycles. The van der Waals surface area contributed by atoms with Crippen LogP contribution in [0.15, 0.2) is 0 Å². The van der Waals surface area contributed by atoms with Crippen molar-refractivity contribution in [2.45, 2.75) is 207 Å². The van der Waals surface area contributed by atoms with Gasteiger partial charge in [-0.15, -0.1) is 0 Å². The summed E-state index contributed by atoms with van der Waals surface area (Å²) in [7, 11) is 3.41. The molecule has 3 aliphatic heterocycles. The third kappa shape index (κ3) is 11.3. The molecule has 12 heteroatoms. The van der Waals surface area contributed by atoms with Gasteiger partial charge < -0.3 is 53.7 Å². The number of cyclic esters (lactones) is 1. The van der Waals surface area contributed by atoms with Gasteiger partial charge in [0.1, 0.15) is 23.9 Å². The second kappa shape index (κ2) is 19.8. The zero-order valence-corrected chi connectivity index (χ0v) is 35.1. The summed E-state index contributed by atoms with van der Waals surface area (Å²) in [5, 5.41) is 46.1. The molecule has 17 atom stereocenters. The van der Waals surface area contributed by atoms with E-state index in [0.717, 1.165) is 12.8 Å². The number of hydrogen-bond acceptors (Lipinski definition) is 12. The molecule has 0 aromatic carbocycles. The number of methoxy groups -OCH3 is 1. The molecule has 4 N–H and O–H groups in total. The minimum Gasteiger partial charge on any atom is -0.459 e. The number of hydrogen-bond donors (Lipinski definition) is 4. The van der Waals surface area contributed by atoms with Gasteiger partial charge >= 0.3 is 5.97 Å². The number of carbonyl (C=O) groups excluding carboxylic acids is 1. The second-order valence-corrected chi connectivity index (χ2v) is 16.3. The Balaban J connectivity index is 0.00000226. The Morgan fingerprint density at radius 1 is 0.885 bits per heavy atom. The molecule has 4 fully saturated rings. The van der Waals surface area contributed by atoms with E-state index in [9.17, 15) is 25.2 Å². The number of rotatable bonds is 6. The molecule has 52 heavy (non-hydrogen) atoms. The van der Waals surface area contributed by atoms with Crippen LogP contribution in [-0.4, -0.2) is 130 Å². The van der Waals surface area contributed by atoms with Crippen LogP contribution in [0.5, 0.6) is 0 Å². The highest BCUT2D eigenvalue weighted by molar-refractivity contribution is 5.73. The van der Waals surface area contributed by atoms with E-state index in [2.05, 4.69) is 0 Å². The van der Waals surface area contributed by atoms with Gasteiger partial charge in [-0.05, 0) is 93.0 Å². The Morgan fingerprint density at radius 3 is 2.08 bits per heavy atom. The van der Waals surface area contributed by atoms with Gasteiger partial charge in [-0.1, -0.05) is 41.5 Å². The molecule has 4 rings (SSSR count). The van der Waals surface area contributed by atoms with Crippen LogP contribution in [-0.2, 0) is 33.2 Å². The quantitative estimate of drug-likeness (QED) is 0.269. The van der Waals surface area contributed by atoms with Crippen LogP contribution in [0.25, 0.3) is 0 Å². The van der Waals surface area contributed by atoms with Crippen molar-refractivity contribution in [3.8, 4) is 0 Å². The normalized spacial score (nSPS) is 47.9. The Morgan fingerprint density at radius 2 is 1.50 bits per heavy atom. The number of carbonyl (C=O) groups is 1. The fraction of sp³-hybridized carbons (Fsp3) is 0.975. The van der Waals surface area contributed by atoms with Crippen LogP contribution in [0, 0.1) is 23.7 Å². The van der Waals surface area contributed by atoms with Crippen LogP contribution in [0.1, 0.15) is 129 Å². The highest BCUT2D eigenvalue weighted by Crippen LogP contribution is 2.51. The summed E-state index contributed by atoms with van der Waals surface area (Å²) in [4.78, 5) is 15.9. The molecular formula is C40H77NO11. The van der Waals surface area contributed by atoms with Crippen molar-refractivity contribution >= 4 is 5.97 Å². The van der Waals surface area contributed by atoms with Crippen molar-refractivity contribution in [3.05, 3.63) is 0 Å². The summed E-state index contributed by atoms with van der Waals surface area (Å²) < 4.78 is 37.5. The lowest BCUT2D eigenvalue weighted by molar-refractivity contribution is -0.299. The third-order valence-corrected chi connectivity index (χ3v) is 11.9. The lowest BCUT2D eigenvalue weighted by Gasteiger charge is -2.46. The lowest BCUT2D eigenvalue weighted by atomic mass is 9.83. The van der Waals surface area contributed by atoms with E-state index < -0.39 is 83.9 Å². The topological polar surface area (TPSA) is 157 Å². The molecule has 4 aliphatic rings. The largest absolute Gasteiger partial charge is 0.459 e. The molecule has 0 aromatic heterocycles. The van der Waals surface area contributed by atoms with Crippen molar-refractivity contribution in [2.24, 2.45) is 23.7 Å². The molecule has 0 amide bonds. The van der Waals surface area contributed by atoms with E-state index in [1.165, 1.54) is 14.0 Å². The Labute approximate surface area is 315 Å². The average Bonchev–Trinajstić information content (AvgIpc) is 3.88. The van der Waals surface area contributed by atoms with Gasteiger partial charge in [0, 0.05) is 38.5 Å². The molecule has 0 bridgehead atoms. The number of aliphatic hydroxyl groups excluding tert-OH is 2. The highest BCUT2D eigenvalue weighted by atomic mass is 16.7. The SMILES string of the molecule is CC.CC.CC[C@H]1OC(=O)[C@H](C)[C@@H](O[C@H]2C[C@@](C)(OC)[C@@H](O)[C@H](C)O2)C[C@@H](O[C@@H]2O[C@H](C)C[C@H]3C[C@H]32)[C@](C)(O)C[C@@H](C)CN(C)[C@H](C)[C@@H](O)[C@]1(C)O. The van der Waals surface area contributed by atoms with Gasteiger partial charge in [-0.2, -0.15) is 0 Å². The second-order valence-electron chi connectivity index (χ2n) is 16.3. The summed E-state index contributed by atoms with van der Waals surface area (Å²) in [5.41, 5.74) is -4.07. The van der Waals surface area contributed by atoms with Crippen LogP contribution >= 0.6 is 0 Å². The molecule has 308 valence electrons. The predicted molar refractivity (Wildman–Crippen MR) is 200 cm³/mol. The van der Waals surface area contributed by atoms with E-state index in [0.29, 0.717) is 18.9 Å². The van der Waals surface area contributed by atoms with Gasteiger partial charge in [0.25, 0.3) is 0 Å². The van der Waals surface area contributed by atoms with Crippen molar-refractivity contribution in [3.63, 3.8) is 0 Å². The van der Waals surface area contributed by atoms with Crippen molar-refractivity contribution in [2.75, 3.05) is 20.7 Å². The monoisotopic (exact) mass is 748 g/mol. The van der Waals surface area contributed by atoms with Crippen LogP contribution in [0.2, 0.25) is 0 Å². The summed E-state index contributed by atoms with van der Waals surface area (Å²) in [5.74, 6) is -0.772. The number of nitrogens with zero attached hydrogens (tertiary/aromatic N) is 1. The Bertz CT molecular complexity index is 1080. The first-order valence-electron chi connectivity index (χ1n) is 20.1. The smallest absolute Gasteiger partial charge is 0.311 e. The molecule has 0 spiro atoms. The molecular weight excluding hydrogens is 670 g/mol. The zero-order valence-electron chi connectivity index (χ0n) is 35.1. The average molecular weight is 748 g/mol. The predicted octanol–water partition coefficient (Wildman–Crippen LogP) is 5.05. The van der Waals surface area contributed by atoms with Gasteiger partial charge in [-0.25, -0.2) is 0 Å². The minimum atomic E-state index is -1.75. The van der Waals surface area contributed by atoms with E-state index >= 15 is 0 Å². The standard InChI is InChI=1S/C36H65NO11.2C2H6/c1-12-27-36(9,42)30(38)22(5)37(10)18-19(2)16-34(7,41)28(48-33-25-14-24(25)13-20(3)44-33)15-26(21(4)32(40)47-27)46-29-17-35(8,43-11)31(39)23(6)45-29;2*1-2/h19-31,33,38-39,41-42H,12-18H2,1-11H3;2*1-2H3/t19-,20-,21-,22-,23+,24+,25-,26+,27-,28-,29+,30-,31+,33+,34-,35-,36-;;/m1../s1. The summed E-state index contributed by atoms with van der Waals surface area (Å²) >= 11 is 0. The van der Waals surface area contributed by atoms with Gasteiger partial charge in [0.15, 0.2) is 12.6 Å². The summed E-state index contributed by atoms with van der Waals surface area (Å²) in [6.45, 7) is 24.7. The van der Waals surface area contributed by atoms with Crippen molar-refractivity contribution in [1.29, 1.82) is 0 Å². The first-order chi connectivity index (χ1) is 24.2. The minimum absolute atomic E-state index is 0.0291. The van der Waals surface area contributed by atoms with E-state index in [4.69, 9.17) is 28.4 Å². The molecule has 0 unspecified atom stereocenters. The lowest BCUT2D eigenvalue weighted by Crippen LogP contribution is -2.59. The highest BCUT2D eigenvalue weighted by Gasteiger charge is 2.53. The van der Waals surface area contributed by atoms with Gasteiger partial charge in [0.05, 0.1) is 41.5 Å². The fourth-order valence-electron chi connectivity index (χ4n) is 8.31. The van der Waals surface area contributed by atoms with Gasteiger partial charge in [-0.3, -0.25) is 4.79 Å². The molecule has 1 saturated carbocycles. The first kappa shape index (κ1) is 47.2.